The van der Waals surface area contributed by atoms with Crippen molar-refractivity contribution in [2.45, 2.75) is 51.7 Å². The quantitative estimate of drug-likeness (QED) is 0.678. The van der Waals surface area contributed by atoms with E-state index >= 15 is 0 Å². The van der Waals surface area contributed by atoms with Crippen molar-refractivity contribution < 1.29 is 9.53 Å². The largest absolute Gasteiger partial charge is 0.471 e. The highest BCUT2D eigenvalue weighted by Crippen LogP contribution is 2.26. The minimum atomic E-state index is -0.0768. The number of aryl methyl sites for hydroxylation is 1. The molecule has 1 aromatic carbocycles. The van der Waals surface area contributed by atoms with Crippen molar-refractivity contribution in [1.82, 2.24) is 19.5 Å². The number of amides is 1. The van der Waals surface area contributed by atoms with Crippen molar-refractivity contribution in [1.29, 1.82) is 0 Å². The van der Waals surface area contributed by atoms with Gasteiger partial charge in [0.2, 0.25) is 5.88 Å². The molecule has 1 fully saturated rings. The number of nitrogens with zero attached hydrogens (tertiary/aromatic N) is 4. The lowest BCUT2D eigenvalue weighted by atomic mass is 9.97. The SMILES string of the molecule is CCCc1ccccc1C(=O)N1C[C@H](Oc2nccn3nccc23)CC[C@H]1C. The second kappa shape index (κ2) is 8.00. The van der Waals surface area contributed by atoms with Crippen LogP contribution in [0.4, 0.5) is 0 Å². The van der Waals surface area contributed by atoms with Crippen molar-refractivity contribution in [3.8, 4) is 5.88 Å². The standard InChI is InChI=1S/C22H26N4O2/c1-3-6-17-7-4-5-8-19(17)22(27)25-15-18(10-9-16(25)2)28-21-20-11-12-24-26(20)14-13-23-21/h4-5,7-8,11-14,16,18H,3,6,9-10,15H2,1-2H3/t16-,18-/m1/s1. The lowest BCUT2D eigenvalue weighted by Crippen LogP contribution is -2.49. The van der Waals surface area contributed by atoms with Crippen LogP contribution in [-0.4, -0.2) is 44.1 Å². The zero-order valence-corrected chi connectivity index (χ0v) is 16.4. The van der Waals surface area contributed by atoms with Gasteiger partial charge in [0.1, 0.15) is 11.6 Å². The number of carbonyl (C=O) groups excluding carboxylic acids is 1. The van der Waals surface area contributed by atoms with Crippen LogP contribution in [0.5, 0.6) is 5.88 Å². The maximum Gasteiger partial charge on any atom is 0.254 e. The van der Waals surface area contributed by atoms with Crippen LogP contribution in [0.3, 0.4) is 0 Å². The maximum atomic E-state index is 13.3. The minimum absolute atomic E-state index is 0.0768. The fraction of sp³-hybridized carbons (Fsp3) is 0.409. The number of rotatable bonds is 5. The Kier molecular flexibility index (Phi) is 5.28. The van der Waals surface area contributed by atoms with E-state index in [1.54, 1.807) is 23.1 Å². The monoisotopic (exact) mass is 378 g/mol. The van der Waals surface area contributed by atoms with Crippen LogP contribution in [-0.2, 0) is 6.42 Å². The van der Waals surface area contributed by atoms with Crippen LogP contribution < -0.4 is 4.74 Å². The molecule has 3 aromatic rings. The molecular weight excluding hydrogens is 352 g/mol. The van der Waals surface area contributed by atoms with E-state index in [4.69, 9.17) is 4.74 Å². The average molecular weight is 378 g/mol. The molecule has 1 aliphatic rings. The van der Waals surface area contributed by atoms with Crippen molar-refractivity contribution in [2.24, 2.45) is 0 Å². The summed E-state index contributed by atoms with van der Waals surface area (Å²) in [7, 11) is 0. The number of benzene rings is 1. The minimum Gasteiger partial charge on any atom is -0.471 e. The molecule has 0 unspecified atom stereocenters. The fourth-order valence-electron chi connectivity index (χ4n) is 3.91. The first-order valence-corrected chi connectivity index (χ1v) is 10.0. The molecule has 6 heteroatoms. The van der Waals surface area contributed by atoms with Crippen molar-refractivity contribution in [3.63, 3.8) is 0 Å². The van der Waals surface area contributed by atoms with Gasteiger partial charge in [0.25, 0.3) is 5.91 Å². The Morgan fingerprint density at radius 1 is 1.21 bits per heavy atom. The van der Waals surface area contributed by atoms with Gasteiger partial charge in [-0.05, 0) is 43.9 Å². The molecule has 28 heavy (non-hydrogen) atoms. The van der Waals surface area contributed by atoms with E-state index < -0.39 is 0 Å². The average Bonchev–Trinajstić information content (AvgIpc) is 3.19. The van der Waals surface area contributed by atoms with E-state index in [2.05, 4.69) is 30.0 Å². The van der Waals surface area contributed by atoms with E-state index in [0.717, 1.165) is 42.3 Å². The topological polar surface area (TPSA) is 59.7 Å². The summed E-state index contributed by atoms with van der Waals surface area (Å²) in [5.41, 5.74) is 2.77. The first-order valence-electron chi connectivity index (χ1n) is 10.0. The summed E-state index contributed by atoms with van der Waals surface area (Å²) in [4.78, 5) is 19.6. The van der Waals surface area contributed by atoms with Gasteiger partial charge >= 0.3 is 0 Å². The van der Waals surface area contributed by atoms with E-state index in [9.17, 15) is 4.79 Å². The van der Waals surface area contributed by atoms with Crippen LogP contribution in [0.2, 0.25) is 0 Å². The highest BCUT2D eigenvalue weighted by molar-refractivity contribution is 5.96. The molecule has 0 radical (unpaired) electrons. The van der Waals surface area contributed by atoms with Crippen molar-refractivity contribution in [3.05, 3.63) is 60.0 Å². The smallest absolute Gasteiger partial charge is 0.254 e. The molecule has 3 heterocycles. The molecule has 0 spiro atoms. The number of hydrogen-bond donors (Lipinski definition) is 0. The molecule has 0 bridgehead atoms. The molecule has 0 aliphatic carbocycles. The van der Waals surface area contributed by atoms with Crippen molar-refractivity contribution in [2.75, 3.05) is 6.54 Å². The van der Waals surface area contributed by atoms with Crippen LogP contribution in [0.1, 0.15) is 49.0 Å². The van der Waals surface area contributed by atoms with E-state index in [-0.39, 0.29) is 18.1 Å². The number of carbonyl (C=O) groups is 1. The lowest BCUT2D eigenvalue weighted by molar-refractivity contribution is 0.0375. The molecule has 1 amide bonds. The van der Waals surface area contributed by atoms with Gasteiger partial charge in [-0.1, -0.05) is 31.5 Å². The normalized spacial score (nSPS) is 19.7. The highest BCUT2D eigenvalue weighted by atomic mass is 16.5. The Bertz CT molecular complexity index is 968. The fourth-order valence-corrected chi connectivity index (χ4v) is 3.91. The Morgan fingerprint density at radius 3 is 2.93 bits per heavy atom. The van der Waals surface area contributed by atoms with E-state index in [1.165, 1.54) is 0 Å². The molecule has 0 N–H and O–H groups in total. The number of ether oxygens (including phenoxy) is 1. The number of aromatic nitrogens is 3. The van der Waals surface area contributed by atoms with Gasteiger partial charge in [0.05, 0.1) is 12.7 Å². The van der Waals surface area contributed by atoms with E-state index in [1.807, 2.05) is 29.2 Å². The van der Waals surface area contributed by atoms with Gasteiger partial charge in [0.15, 0.2) is 0 Å². The van der Waals surface area contributed by atoms with E-state index in [0.29, 0.717) is 12.4 Å². The number of likely N-dealkylation sites (tertiary alicyclic amines) is 1. The van der Waals surface area contributed by atoms with Crippen LogP contribution in [0.15, 0.2) is 48.9 Å². The Morgan fingerprint density at radius 2 is 2.07 bits per heavy atom. The predicted molar refractivity (Wildman–Crippen MR) is 108 cm³/mol. The van der Waals surface area contributed by atoms with Crippen LogP contribution in [0.25, 0.3) is 5.52 Å². The van der Waals surface area contributed by atoms with Crippen LogP contribution in [0, 0.1) is 0 Å². The number of piperidine rings is 1. The lowest BCUT2D eigenvalue weighted by Gasteiger charge is -2.38. The zero-order valence-electron chi connectivity index (χ0n) is 16.4. The second-order valence-corrected chi connectivity index (χ2v) is 7.42. The maximum absolute atomic E-state index is 13.3. The first-order chi connectivity index (χ1) is 13.7. The third kappa shape index (κ3) is 3.59. The third-order valence-electron chi connectivity index (χ3n) is 5.43. The summed E-state index contributed by atoms with van der Waals surface area (Å²) < 4.78 is 7.95. The Labute approximate surface area is 165 Å². The van der Waals surface area contributed by atoms with Gasteiger partial charge in [-0.25, -0.2) is 9.50 Å². The molecule has 6 nitrogen and oxygen atoms in total. The molecule has 2 aromatic heterocycles. The van der Waals surface area contributed by atoms with Gasteiger partial charge in [-0.2, -0.15) is 5.10 Å². The number of hydrogen-bond acceptors (Lipinski definition) is 4. The summed E-state index contributed by atoms with van der Waals surface area (Å²) in [6, 6.07) is 10.0. The summed E-state index contributed by atoms with van der Waals surface area (Å²) in [5.74, 6) is 0.665. The molecular formula is C22H26N4O2. The summed E-state index contributed by atoms with van der Waals surface area (Å²) in [6.45, 7) is 4.82. The molecule has 146 valence electrons. The molecule has 0 saturated carbocycles. The number of fused-ring (bicyclic) bond motifs is 1. The molecule has 1 saturated heterocycles. The van der Waals surface area contributed by atoms with Gasteiger partial charge in [-0.15, -0.1) is 0 Å². The molecule has 4 rings (SSSR count). The van der Waals surface area contributed by atoms with Crippen LogP contribution >= 0.6 is 0 Å². The van der Waals surface area contributed by atoms with Gasteiger partial charge in [-0.3, -0.25) is 4.79 Å². The van der Waals surface area contributed by atoms with Gasteiger partial charge in [0, 0.05) is 24.0 Å². The highest BCUT2D eigenvalue weighted by Gasteiger charge is 2.32. The van der Waals surface area contributed by atoms with Gasteiger partial charge < -0.3 is 9.64 Å². The Hall–Kier alpha value is -2.89. The Balaban J connectivity index is 1.54. The summed E-state index contributed by atoms with van der Waals surface area (Å²) in [6.07, 6.45) is 8.88. The molecule has 2 atom stereocenters. The predicted octanol–water partition coefficient (Wildman–Crippen LogP) is 3.75. The zero-order chi connectivity index (χ0) is 19.5. The summed E-state index contributed by atoms with van der Waals surface area (Å²) in [5, 5.41) is 4.23. The molecule has 1 aliphatic heterocycles. The van der Waals surface area contributed by atoms with Crippen molar-refractivity contribution >= 4 is 11.4 Å². The summed E-state index contributed by atoms with van der Waals surface area (Å²) >= 11 is 0. The first kappa shape index (κ1) is 18.5. The second-order valence-electron chi connectivity index (χ2n) is 7.42. The third-order valence-corrected chi connectivity index (χ3v) is 5.43.